The molecule has 0 saturated heterocycles. The maximum atomic E-state index is 6.00. The Hall–Kier alpha value is -1.59. The van der Waals surface area contributed by atoms with Gasteiger partial charge in [-0.2, -0.15) is 4.98 Å². The summed E-state index contributed by atoms with van der Waals surface area (Å²) in [5, 5.41) is 3.62. The van der Waals surface area contributed by atoms with E-state index >= 15 is 0 Å². The Bertz CT molecular complexity index is 559. The minimum atomic E-state index is 0.136. The average molecular weight is 284 g/mol. The molecule has 94 valence electrons. The molecule has 0 unspecified atom stereocenters. The summed E-state index contributed by atoms with van der Waals surface area (Å²) in [5.41, 5.74) is 0.791. The largest absolute Gasteiger partial charge is 0.361 e. The van der Waals surface area contributed by atoms with Crippen LogP contribution in [0, 0.1) is 0 Å². The minimum Gasteiger partial charge on any atom is -0.361 e. The Morgan fingerprint density at radius 3 is 2.72 bits per heavy atom. The molecule has 0 spiro atoms. The third kappa shape index (κ3) is 2.80. The molecule has 7 heteroatoms. The van der Waals surface area contributed by atoms with E-state index in [1.54, 1.807) is 6.20 Å². The summed E-state index contributed by atoms with van der Waals surface area (Å²) in [7, 11) is 3.81. The van der Waals surface area contributed by atoms with Crippen LogP contribution < -0.4 is 10.2 Å². The quantitative estimate of drug-likeness (QED) is 0.878. The number of aromatic nitrogens is 3. The summed E-state index contributed by atoms with van der Waals surface area (Å²) >= 11 is 11.7. The van der Waals surface area contributed by atoms with E-state index in [9.17, 15) is 0 Å². The molecule has 0 aromatic carbocycles. The van der Waals surface area contributed by atoms with Gasteiger partial charge in [-0.05, 0) is 23.7 Å². The van der Waals surface area contributed by atoms with E-state index < -0.39 is 0 Å². The molecule has 0 aliphatic rings. The number of hydrogen-bond acceptors (Lipinski definition) is 5. The van der Waals surface area contributed by atoms with Crippen molar-refractivity contribution in [3.8, 4) is 0 Å². The highest BCUT2D eigenvalue weighted by Gasteiger charge is 2.09. The topological polar surface area (TPSA) is 53.9 Å². The Morgan fingerprint density at radius 1 is 1.22 bits per heavy atom. The molecular formula is C11H11Cl2N5. The number of nitrogens with one attached hydrogen (secondary N) is 1. The molecular weight excluding hydrogens is 273 g/mol. The SMILES string of the molecule is CN(C)c1ncccc1Nc1nc(Cl)ncc1Cl. The second-order valence-electron chi connectivity index (χ2n) is 3.73. The molecule has 0 amide bonds. The van der Waals surface area contributed by atoms with Gasteiger partial charge in [0.1, 0.15) is 5.02 Å². The van der Waals surface area contributed by atoms with Gasteiger partial charge in [0.05, 0.1) is 11.9 Å². The Labute approximate surface area is 115 Å². The van der Waals surface area contributed by atoms with E-state index in [-0.39, 0.29) is 5.28 Å². The average Bonchev–Trinajstić information content (AvgIpc) is 2.34. The molecule has 0 aliphatic carbocycles. The standard InChI is InChI=1S/C11H11Cl2N5/c1-18(2)10-8(4-3-5-14-10)16-9-7(12)6-15-11(13)17-9/h3-6H,1-2H3,(H,15,16,17). The van der Waals surface area contributed by atoms with Crippen LogP contribution in [0.2, 0.25) is 10.3 Å². The van der Waals surface area contributed by atoms with Gasteiger partial charge in [0.15, 0.2) is 11.6 Å². The van der Waals surface area contributed by atoms with E-state index in [0.717, 1.165) is 11.5 Å². The molecule has 0 fully saturated rings. The van der Waals surface area contributed by atoms with Gasteiger partial charge in [-0.15, -0.1) is 0 Å². The van der Waals surface area contributed by atoms with Crippen LogP contribution in [0.15, 0.2) is 24.5 Å². The second kappa shape index (κ2) is 5.37. The lowest BCUT2D eigenvalue weighted by Crippen LogP contribution is -2.13. The summed E-state index contributed by atoms with van der Waals surface area (Å²) in [6.07, 6.45) is 3.17. The van der Waals surface area contributed by atoms with E-state index in [2.05, 4.69) is 20.3 Å². The molecule has 2 aromatic heterocycles. The van der Waals surface area contributed by atoms with Gasteiger partial charge in [0, 0.05) is 20.3 Å². The van der Waals surface area contributed by atoms with E-state index in [1.807, 2.05) is 31.1 Å². The fraction of sp³-hybridized carbons (Fsp3) is 0.182. The van der Waals surface area contributed by atoms with Crippen molar-refractivity contribution in [2.75, 3.05) is 24.3 Å². The number of halogens is 2. The first-order chi connectivity index (χ1) is 8.58. The van der Waals surface area contributed by atoms with Crippen LogP contribution in [0.25, 0.3) is 0 Å². The minimum absolute atomic E-state index is 0.136. The summed E-state index contributed by atoms with van der Waals surface area (Å²) in [5.74, 6) is 1.23. The number of nitrogens with zero attached hydrogens (tertiary/aromatic N) is 4. The smallest absolute Gasteiger partial charge is 0.224 e. The van der Waals surface area contributed by atoms with Gasteiger partial charge in [0.2, 0.25) is 5.28 Å². The zero-order valence-corrected chi connectivity index (χ0v) is 11.4. The lowest BCUT2D eigenvalue weighted by atomic mass is 10.3. The molecule has 0 radical (unpaired) electrons. The predicted octanol–water partition coefficient (Wildman–Crippen LogP) is 2.99. The van der Waals surface area contributed by atoms with Gasteiger partial charge < -0.3 is 10.2 Å². The molecule has 2 heterocycles. The van der Waals surface area contributed by atoms with E-state index in [4.69, 9.17) is 23.2 Å². The first-order valence-electron chi connectivity index (χ1n) is 5.15. The Balaban J connectivity index is 2.37. The normalized spacial score (nSPS) is 10.2. The zero-order chi connectivity index (χ0) is 13.1. The summed E-state index contributed by atoms with van der Waals surface area (Å²) in [6, 6.07) is 3.71. The van der Waals surface area contributed by atoms with Crippen LogP contribution in [0.3, 0.4) is 0 Å². The number of hydrogen-bond donors (Lipinski definition) is 1. The number of anilines is 3. The zero-order valence-electron chi connectivity index (χ0n) is 9.85. The Kier molecular flexibility index (Phi) is 3.84. The van der Waals surface area contributed by atoms with Crippen molar-refractivity contribution >= 4 is 40.5 Å². The molecule has 18 heavy (non-hydrogen) atoms. The Morgan fingerprint density at radius 2 is 2.00 bits per heavy atom. The third-order valence-corrected chi connectivity index (χ3v) is 2.64. The molecule has 2 aromatic rings. The highest BCUT2D eigenvalue weighted by molar-refractivity contribution is 6.33. The van der Waals surface area contributed by atoms with Crippen molar-refractivity contribution in [2.24, 2.45) is 0 Å². The fourth-order valence-electron chi connectivity index (χ4n) is 1.41. The maximum Gasteiger partial charge on any atom is 0.224 e. The number of rotatable bonds is 3. The second-order valence-corrected chi connectivity index (χ2v) is 4.47. The van der Waals surface area contributed by atoms with Gasteiger partial charge >= 0.3 is 0 Å². The lowest BCUT2D eigenvalue weighted by molar-refractivity contribution is 1.07. The van der Waals surface area contributed by atoms with Crippen LogP contribution in [0.5, 0.6) is 0 Å². The van der Waals surface area contributed by atoms with Gasteiger partial charge in [0.25, 0.3) is 0 Å². The van der Waals surface area contributed by atoms with E-state index in [0.29, 0.717) is 10.8 Å². The third-order valence-electron chi connectivity index (χ3n) is 2.18. The molecule has 0 saturated carbocycles. The summed E-state index contributed by atoms with van der Waals surface area (Å²) in [4.78, 5) is 14.0. The molecule has 5 nitrogen and oxygen atoms in total. The van der Waals surface area contributed by atoms with Crippen LogP contribution >= 0.6 is 23.2 Å². The van der Waals surface area contributed by atoms with Crippen LogP contribution in [0.1, 0.15) is 0 Å². The highest BCUT2D eigenvalue weighted by atomic mass is 35.5. The van der Waals surface area contributed by atoms with Gasteiger partial charge in [-0.1, -0.05) is 11.6 Å². The van der Waals surface area contributed by atoms with Crippen molar-refractivity contribution in [1.82, 2.24) is 15.0 Å². The van der Waals surface area contributed by atoms with Crippen LogP contribution in [0.4, 0.5) is 17.3 Å². The predicted molar refractivity (Wildman–Crippen MR) is 73.9 cm³/mol. The van der Waals surface area contributed by atoms with Gasteiger partial charge in [-0.25, -0.2) is 9.97 Å². The van der Waals surface area contributed by atoms with Crippen molar-refractivity contribution in [2.45, 2.75) is 0 Å². The van der Waals surface area contributed by atoms with Crippen molar-refractivity contribution in [1.29, 1.82) is 0 Å². The van der Waals surface area contributed by atoms with Crippen molar-refractivity contribution < 1.29 is 0 Å². The molecule has 0 bridgehead atoms. The molecule has 1 N–H and O–H groups in total. The fourth-order valence-corrected chi connectivity index (χ4v) is 1.68. The molecule has 2 rings (SSSR count). The maximum absolute atomic E-state index is 6.00. The van der Waals surface area contributed by atoms with E-state index in [1.165, 1.54) is 6.20 Å². The monoisotopic (exact) mass is 283 g/mol. The molecule has 0 aliphatic heterocycles. The van der Waals surface area contributed by atoms with Crippen molar-refractivity contribution in [3.63, 3.8) is 0 Å². The van der Waals surface area contributed by atoms with Crippen LogP contribution in [-0.4, -0.2) is 29.0 Å². The molecule has 0 atom stereocenters. The lowest BCUT2D eigenvalue weighted by Gasteiger charge is -2.16. The summed E-state index contributed by atoms with van der Waals surface area (Å²) in [6.45, 7) is 0. The highest BCUT2D eigenvalue weighted by Crippen LogP contribution is 2.28. The summed E-state index contributed by atoms with van der Waals surface area (Å²) < 4.78 is 0. The van der Waals surface area contributed by atoms with Crippen molar-refractivity contribution in [3.05, 3.63) is 34.8 Å². The first kappa shape index (κ1) is 12.9. The van der Waals surface area contributed by atoms with Crippen LogP contribution in [-0.2, 0) is 0 Å². The first-order valence-corrected chi connectivity index (χ1v) is 5.91. The van der Waals surface area contributed by atoms with Gasteiger partial charge in [-0.3, -0.25) is 0 Å². The number of pyridine rings is 1.